The number of pyridine rings is 1. The minimum atomic E-state index is -0.0623. The highest BCUT2D eigenvalue weighted by molar-refractivity contribution is 6.14. The normalized spacial score (nSPS) is 16.3. The van der Waals surface area contributed by atoms with E-state index in [9.17, 15) is 0 Å². The number of benzene rings is 1. The maximum Gasteiger partial charge on any atom is 0.0744 e. The first kappa shape index (κ1) is 14.0. The van der Waals surface area contributed by atoms with Crippen LogP contribution in [0.15, 0.2) is 35.5 Å². The van der Waals surface area contributed by atoms with Crippen LogP contribution in [0.2, 0.25) is 0 Å². The minimum absolute atomic E-state index is 0.0623. The van der Waals surface area contributed by atoms with Crippen molar-refractivity contribution in [3.8, 4) is 0 Å². The molecule has 2 heterocycles. The zero-order chi connectivity index (χ0) is 15.2. The first-order valence-electron chi connectivity index (χ1n) is 7.50. The van der Waals surface area contributed by atoms with Gasteiger partial charge in [-0.1, -0.05) is 18.2 Å². The molecule has 0 saturated heterocycles. The molecule has 0 spiro atoms. The van der Waals surface area contributed by atoms with Crippen LogP contribution in [0, 0.1) is 20.8 Å². The molecule has 21 heavy (non-hydrogen) atoms. The van der Waals surface area contributed by atoms with Crippen molar-refractivity contribution in [3.05, 3.63) is 64.0 Å². The van der Waals surface area contributed by atoms with Crippen LogP contribution in [0.4, 0.5) is 0 Å². The van der Waals surface area contributed by atoms with E-state index in [2.05, 4.69) is 56.9 Å². The highest BCUT2D eigenvalue weighted by Gasteiger charge is 2.28. The van der Waals surface area contributed by atoms with Crippen LogP contribution in [0.1, 0.15) is 47.4 Å². The summed E-state index contributed by atoms with van der Waals surface area (Å²) in [6.45, 7) is 10.8. The van der Waals surface area contributed by atoms with E-state index in [1.165, 1.54) is 22.3 Å². The van der Waals surface area contributed by atoms with Crippen LogP contribution in [0.5, 0.6) is 0 Å². The first-order valence-corrected chi connectivity index (χ1v) is 7.50. The van der Waals surface area contributed by atoms with Gasteiger partial charge in [0.05, 0.1) is 11.3 Å². The smallest absolute Gasteiger partial charge is 0.0744 e. The Morgan fingerprint density at radius 1 is 1.05 bits per heavy atom. The van der Waals surface area contributed by atoms with Crippen molar-refractivity contribution in [2.45, 2.75) is 46.6 Å². The molecule has 3 rings (SSSR count). The third-order valence-electron chi connectivity index (χ3n) is 4.30. The fourth-order valence-electron chi connectivity index (χ4n) is 2.99. The lowest BCUT2D eigenvalue weighted by molar-refractivity contribution is 0.512. The molecule has 0 unspecified atom stereocenters. The third-order valence-corrected chi connectivity index (χ3v) is 4.30. The van der Waals surface area contributed by atoms with E-state index >= 15 is 0 Å². The second kappa shape index (κ2) is 4.80. The number of aromatic nitrogens is 1. The molecule has 0 fully saturated rings. The van der Waals surface area contributed by atoms with E-state index in [0.717, 1.165) is 23.4 Å². The van der Waals surface area contributed by atoms with Crippen molar-refractivity contribution in [2.24, 2.45) is 4.99 Å². The van der Waals surface area contributed by atoms with Gasteiger partial charge in [0, 0.05) is 23.0 Å². The average molecular weight is 278 g/mol. The van der Waals surface area contributed by atoms with Crippen molar-refractivity contribution in [1.29, 1.82) is 0 Å². The topological polar surface area (TPSA) is 25.2 Å². The van der Waals surface area contributed by atoms with Crippen molar-refractivity contribution in [2.75, 3.05) is 0 Å². The molecule has 0 radical (unpaired) electrons. The molecule has 1 aromatic heterocycles. The molecule has 0 N–H and O–H groups in total. The third kappa shape index (κ3) is 2.51. The van der Waals surface area contributed by atoms with Crippen molar-refractivity contribution >= 4 is 5.71 Å². The zero-order valence-electron chi connectivity index (χ0n) is 13.5. The quantitative estimate of drug-likeness (QED) is 0.768. The summed E-state index contributed by atoms with van der Waals surface area (Å²) in [6, 6.07) is 8.70. The molecule has 0 bridgehead atoms. The predicted molar refractivity (Wildman–Crippen MR) is 88.3 cm³/mol. The van der Waals surface area contributed by atoms with E-state index in [-0.39, 0.29) is 5.54 Å². The Kier molecular flexibility index (Phi) is 3.20. The van der Waals surface area contributed by atoms with Crippen LogP contribution >= 0.6 is 0 Å². The summed E-state index contributed by atoms with van der Waals surface area (Å²) < 4.78 is 0. The summed E-state index contributed by atoms with van der Waals surface area (Å²) in [4.78, 5) is 9.53. The van der Waals surface area contributed by atoms with Crippen LogP contribution in [0.3, 0.4) is 0 Å². The van der Waals surface area contributed by atoms with E-state index in [1.54, 1.807) is 0 Å². The lowest BCUT2D eigenvalue weighted by atomic mass is 9.83. The Morgan fingerprint density at radius 2 is 1.81 bits per heavy atom. The van der Waals surface area contributed by atoms with Gasteiger partial charge in [-0.05, 0) is 63.8 Å². The number of rotatable bonds is 1. The Hall–Kier alpha value is -1.96. The molecule has 0 amide bonds. The fraction of sp³-hybridized carbons (Fsp3) is 0.368. The molecule has 0 aliphatic carbocycles. The first-order chi connectivity index (χ1) is 9.87. The van der Waals surface area contributed by atoms with E-state index < -0.39 is 0 Å². The minimum Gasteiger partial charge on any atom is -0.278 e. The van der Waals surface area contributed by atoms with Gasteiger partial charge in [-0.2, -0.15) is 0 Å². The van der Waals surface area contributed by atoms with Crippen molar-refractivity contribution in [1.82, 2.24) is 4.98 Å². The van der Waals surface area contributed by atoms with Crippen LogP contribution in [-0.2, 0) is 6.42 Å². The molecule has 2 heteroatoms. The van der Waals surface area contributed by atoms with Gasteiger partial charge in [0.25, 0.3) is 0 Å². The molecular formula is C19H22N2. The lowest BCUT2D eigenvalue weighted by Crippen LogP contribution is -2.30. The summed E-state index contributed by atoms with van der Waals surface area (Å²) in [7, 11) is 0. The number of nitrogens with zero attached hydrogens (tertiary/aromatic N) is 2. The Labute approximate surface area is 127 Å². The highest BCUT2D eigenvalue weighted by Crippen LogP contribution is 2.31. The van der Waals surface area contributed by atoms with E-state index in [0.29, 0.717) is 0 Å². The van der Waals surface area contributed by atoms with Gasteiger partial charge in [-0.15, -0.1) is 0 Å². The maximum absolute atomic E-state index is 5.01. The molecule has 0 atom stereocenters. The maximum atomic E-state index is 5.01. The molecule has 1 aromatic carbocycles. The summed E-state index contributed by atoms with van der Waals surface area (Å²) in [5, 5.41) is 0. The zero-order valence-corrected chi connectivity index (χ0v) is 13.5. The average Bonchev–Trinajstić information content (AvgIpc) is 2.42. The van der Waals surface area contributed by atoms with Gasteiger partial charge in [0.1, 0.15) is 0 Å². The summed E-state index contributed by atoms with van der Waals surface area (Å²) >= 11 is 0. The highest BCUT2D eigenvalue weighted by atomic mass is 14.9. The van der Waals surface area contributed by atoms with Gasteiger partial charge in [0.15, 0.2) is 0 Å². The monoisotopic (exact) mass is 278 g/mol. The molecular weight excluding hydrogens is 256 g/mol. The predicted octanol–water partition coefficient (Wildman–Crippen LogP) is 4.18. The molecule has 0 saturated carbocycles. The number of aryl methyl sites for hydroxylation is 3. The van der Waals surface area contributed by atoms with Crippen molar-refractivity contribution in [3.63, 3.8) is 0 Å². The number of hydrogen-bond donors (Lipinski definition) is 0. The number of hydrogen-bond acceptors (Lipinski definition) is 2. The SMILES string of the molecule is Cc1cc(C2=NC(C)(C)Cc3c(C)cccc32)cnc1C. The van der Waals surface area contributed by atoms with Gasteiger partial charge >= 0.3 is 0 Å². The Bertz CT molecular complexity index is 739. The molecule has 1 aliphatic rings. The molecule has 2 nitrogen and oxygen atoms in total. The van der Waals surface area contributed by atoms with Crippen LogP contribution in [0.25, 0.3) is 0 Å². The Balaban J connectivity index is 2.23. The van der Waals surface area contributed by atoms with E-state index in [4.69, 9.17) is 4.99 Å². The second-order valence-corrected chi connectivity index (χ2v) is 6.68. The lowest BCUT2D eigenvalue weighted by Gasteiger charge is -2.30. The largest absolute Gasteiger partial charge is 0.278 e. The van der Waals surface area contributed by atoms with Gasteiger partial charge in [0.2, 0.25) is 0 Å². The van der Waals surface area contributed by atoms with E-state index in [1.807, 2.05) is 13.1 Å². The number of fused-ring (bicyclic) bond motifs is 1. The summed E-state index contributed by atoms with van der Waals surface area (Å²) in [6.07, 6.45) is 2.95. The Morgan fingerprint density at radius 3 is 2.52 bits per heavy atom. The molecule has 1 aliphatic heterocycles. The summed E-state index contributed by atoms with van der Waals surface area (Å²) in [5.41, 5.74) is 8.48. The fourth-order valence-corrected chi connectivity index (χ4v) is 2.99. The standard InChI is InChI=1S/C19H22N2/c1-12-7-6-8-16-17(12)10-19(4,5)21-18(16)15-9-13(2)14(3)20-11-15/h6-9,11H,10H2,1-5H3. The van der Waals surface area contributed by atoms with Gasteiger partial charge in [-0.3, -0.25) is 9.98 Å². The second-order valence-electron chi connectivity index (χ2n) is 6.68. The van der Waals surface area contributed by atoms with Crippen LogP contribution < -0.4 is 0 Å². The van der Waals surface area contributed by atoms with Crippen LogP contribution in [-0.4, -0.2) is 16.2 Å². The summed E-state index contributed by atoms with van der Waals surface area (Å²) in [5.74, 6) is 0. The molecule has 108 valence electrons. The van der Waals surface area contributed by atoms with Gasteiger partial charge < -0.3 is 0 Å². The molecule has 2 aromatic rings. The number of aliphatic imine (C=N–C) groups is 1. The van der Waals surface area contributed by atoms with Gasteiger partial charge in [-0.25, -0.2) is 0 Å². The van der Waals surface area contributed by atoms with Crippen molar-refractivity contribution < 1.29 is 0 Å².